The predicted octanol–water partition coefficient (Wildman–Crippen LogP) is 2.83. The fourth-order valence-corrected chi connectivity index (χ4v) is 4.10. The number of ether oxygens (including phenoxy) is 1. The van der Waals surface area contributed by atoms with Gasteiger partial charge in [-0.1, -0.05) is 18.9 Å². The largest absolute Gasteiger partial charge is 0.439 e. The van der Waals surface area contributed by atoms with Gasteiger partial charge in [0, 0.05) is 17.7 Å². The third-order valence-electron chi connectivity index (χ3n) is 5.52. The van der Waals surface area contributed by atoms with Gasteiger partial charge in [0.2, 0.25) is 17.7 Å². The number of benzene rings is 1. The topological polar surface area (TPSA) is 106 Å². The second kappa shape index (κ2) is 7.98. The second-order valence-corrected chi connectivity index (χ2v) is 7.47. The standard InChI is InChI=1S/C21H24N4O3/c22-20(26)14-5-3-6-16(10-14)28-19-9-8-15(12-23-19)24-21(27)18-11-13-4-1-2-7-17(13)25-18/h3,5-6,8-10,12-13,17-18,25H,1-2,4,7,11H2,(H2,22,26)(H,24,27). The van der Waals surface area contributed by atoms with Crippen LogP contribution in [-0.4, -0.2) is 28.9 Å². The number of aromatic nitrogens is 1. The molecule has 7 nitrogen and oxygen atoms in total. The van der Waals surface area contributed by atoms with Crippen molar-refractivity contribution in [2.75, 3.05) is 5.32 Å². The van der Waals surface area contributed by atoms with Gasteiger partial charge in [0.1, 0.15) is 5.75 Å². The molecule has 4 rings (SSSR count). The number of nitrogens with two attached hydrogens (primary N) is 1. The first kappa shape index (κ1) is 18.4. The van der Waals surface area contributed by atoms with Gasteiger partial charge in [0.05, 0.1) is 17.9 Å². The molecule has 1 aromatic carbocycles. The van der Waals surface area contributed by atoms with Crippen LogP contribution >= 0.6 is 0 Å². The normalized spacial score (nSPS) is 23.6. The van der Waals surface area contributed by atoms with E-state index in [0.717, 1.165) is 6.42 Å². The number of carbonyl (C=O) groups is 2. The molecule has 2 aliphatic rings. The average Bonchev–Trinajstić information content (AvgIpc) is 3.14. The first-order valence-electron chi connectivity index (χ1n) is 9.69. The van der Waals surface area contributed by atoms with Gasteiger partial charge in [0.15, 0.2) is 0 Å². The van der Waals surface area contributed by atoms with E-state index >= 15 is 0 Å². The second-order valence-electron chi connectivity index (χ2n) is 7.47. The van der Waals surface area contributed by atoms with Crippen LogP contribution < -0.4 is 21.1 Å². The number of rotatable bonds is 5. The average molecular weight is 380 g/mol. The summed E-state index contributed by atoms with van der Waals surface area (Å²) in [6.07, 6.45) is 7.36. The van der Waals surface area contributed by atoms with Crippen molar-refractivity contribution in [1.82, 2.24) is 10.3 Å². The predicted molar refractivity (Wildman–Crippen MR) is 105 cm³/mol. The fraction of sp³-hybridized carbons (Fsp3) is 0.381. The lowest BCUT2D eigenvalue weighted by molar-refractivity contribution is -0.117. The number of nitrogens with one attached hydrogen (secondary N) is 2. The minimum atomic E-state index is -0.517. The van der Waals surface area contributed by atoms with Crippen molar-refractivity contribution in [3.05, 3.63) is 48.2 Å². The number of fused-ring (bicyclic) bond motifs is 1. The Morgan fingerprint density at radius 3 is 2.79 bits per heavy atom. The van der Waals surface area contributed by atoms with Crippen LogP contribution in [0.2, 0.25) is 0 Å². The van der Waals surface area contributed by atoms with Gasteiger partial charge in [-0.25, -0.2) is 4.98 Å². The third-order valence-corrected chi connectivity index (χ3v) is 5.52. The SMILES string of the molecule is NC(=O)c1cccc(Oc2ccc(NC(=O)C3CC4CCCCC4N3)cn2)c1. The summed E-state index contributed by atoms with van der Waals surface area (Å²) in [5.74, 6) is 0.924. The molecule has 3 unspecified atom stereocenters. The van der Waals surface area contributed by atoms with Gasteiger partial charge >= 0.3 is 0 Å². The van der Waals surface area contributed by atoms with Crippen LogP contribution in [0.15, 0.2) is 42.6 Å². The molecule has 1 saturated carbocycles. The molecule has 2 heterocycles. The summed E-state index contributed by atoms with van der Waals surface area (Å²) >= 11 is 0. The summed E-state index contributed by atoms with van der Waals surface area (Å²) in [5.41, 5.74) is 6.27. The van der Waals surface area contributed by atoms with E-state index in [1.54, 1.807) is 42.6 Å². The molecule has 1 aliphatic carbocycles. The van der Waals surface area contributed by atoms with Gasteiger partial charge in [-0.3, -0.25) is 9.59 Å². The van der Waals surface area contributed by atoms with E-state index < -0.39 is 5.91 Å². The highest BCUT2D eigenvalue weighted by molar-refractivity contribution is 5.95. The van der Waals surface area contributed by atoms with Crippen LogP contribution in [-0.2, 0) is 4.79 Å². The van der Waals surface area contributed by atoms with Crippen LogP contribution in [0.4, 0.5) is 5.69 Å². The maximum absolute atomic E-state index is 12.6. The molecule has 4 N–H and O–H groups in total. The van der Waals surface area contributed by atoms with Crippen molar-refractivity contribution in [3.63, 3.8) is 0 Å². The van der Waals surface area contributed by atoms with Gasteiger partial charge < -0.3 is 21.1 Å². The van der Waals surface area contributed by atoms with Crippen molar-refractivity contribution in [2.24, 2.45) is 11.7 Å². The van der Waals surface area contributed by atoms with Gasteiger partial charge in [-0.05, 0) is 49.4 Å². The third kappa shape index (κ3) is 4.14. The molecule has 2 aromatic rings. The zero-order chi connectivity index (χ0) is 19.5. The Morgan fingerprint density at radius 1 is 1.18 bits per heavy atom. The molecule has 0 bridgehead atoms. The molecule has 1 aliphatic heterocycles. The van der Waals surface area contributed by atoms with Crippen LogP contribution in [0.3, 0.4) is 0 Å². The molecule has 146 valence electrons. The fourth-order valence-electron chi connectivity index (χ4n) is 4.10. The minimum absolute atomic E-state index is 0.0148. The zero-order valence-electron chi connectivity index (χ0n) is 15.6. The number of anilines is 1. The van der Waals surface area contributed by atoms with Crippen LogP contribution in [0, 0.1) is 5.92 Å². The monoisotopic (exact) mass is 380 g/mol. The molecular formula is C21H24N4O3. The van der Waals surface area contributed by atoms with Gasteiger partial charge in [0.25, 0.3) is 0 Å². The molecule has 7 heteroatoms. The first-order valence-corrected chi connectivity index (χ1v) is 9.69. The Bertz CT molecular complexity index is 854. The van der Waals surface area contributed by atoms with Gasteiger partial charge in [-0.15, -0.1) is 0 Å². The summed E-state index contributed by atoms with van der Waals surface area (Å²) in [4.78, 5) is 28.0. The maximum atomic E-state index is 12.6. The van der Waals surface area contributed by atoms with Crippen molar-refractivity contribution in [3.8, 4) is 11.6 Å². The number of amides is 2. The van der Waals surface area contributed by atoms with E-state index in [4.69, 9.17) is 10.5 Å². The molecule has 1 saturated heterocycles. The highest BCUT2D eigenvalue weighted by Crippen LogP contribution is 2.33. The lowest BCUT2D eigenvalue weighted by Gasteiger charge is -2.24. The van der Waals surface area contributed by atoms with E-state index in [1.165, 1.54) is 25.7 Å². The lowest BCUT2D eigenvalue weighted by atomic mass is 9.85. The van der Waals surface area contributed by atoms with E-state index in [0.29, 0.717) is 34.8 Å². The van der Waals surface area contributed by atoms with Crippen molar-refractivity contribution in [2.45, 2.75) is 44.2 Å². The molecule has 3 atom stereocenters. The van der Waals surface area contributed by atoms with Gasteiger partial charge in [-0.2, -0.15) is 0 Å². The molecule has 28 heavy (non-hydrogen) atoms. The summed E-state index contributed by atoms with van der Waals surface area (Å²) in [6.45, 7) is 0. The number of primary amides is 1. The van der Waals surface area contributed by atoms with Crippen LogP contribution in [0.5, 0.6) is 11.6 Å². The van der Waals surface area contributed by atoms with Crippen molar-refractivity contribution in [1.29, 1.82) is 0 Å². The smallest absolute Gasteiger partial charge is 0.248 e. The number of hydrogen-bond donors (Lipinski definition) is 3. The number of nitrogens with zero attached hydrogens (tertiary/aromatic N) is 1. The summed E-state index contributed by atoms with van der Waals surface area (Å²) in [7, 11) is 0. The van der Waals surface area contributed by atoms with Crippen LogP contribution in [0.25, 0.3) is 0 Å². The van der Waals surface area contributed by atoms with E-state index in [2.05, 4.69) is 15.6 Å². The number of pyridine rings is 1. The van der Waals surface area contributed by atoms with Crippen molar-refractivity contribution < 1.29 is 14.3 Å². The Hall–Kier alpha value is -2.93. The molecule has 1 aromatic heterocycles. The zero-order valence-corrected chi connectivity index (χ0v) is 15.6. The highest BCUT2D eigenvalue weighted by atomic mass is 16.5. The Morgan fingerprint density at radius 2 is 2.04 bits per heavy atom. The quantitative estimate of drug-likeness (QED) is 0.739. The Kier molecular flexibility index (Phi) is 5.25. The minimum Gasteiger partial charge on any atom is -0.439 e. The lowest BCUT2D eigenvalue weighted by Crippen LogP contribution is -2.39. The van der Waals surface area contributed by atoms with Crippen LogP contribution in [0.1, 0.15) is 42.5 Å². The molecule has 0 spiro atoms. The van der Waals surface area contributed by atoms with E-state index in [9.17, 15) is 9.59 Å². The summed E-state index contributed by atoms with van der Waals surface area (Å²) < 4.78 is 5.65. The molecule has 0 radical (unpaired) electrons. The molecule has 2 amide bonds. The number of carbonyl (C=O) groups excluding carboxylic acids is 2. The molecule has 2 fully saturated rings. The highest BCUT2D eigenvalue weighted by Gasteiger charge is 2.38. The first-order chi connectivity index (χ1) is 13.6. The Labute approximate surface area is 163 Å². The number of hydrogen-bond acceptors (Lipinski definition) is 5. The molecular weight excluding hydrogens is 356 g/mol. The van der Waals surface area contributed by atoms with Crippen molar-refractivity contribution >= 4 is 17.5 Å². The summed E-state index contributed by atoms with van der Waals surface area (Å²) in [5, 5.41) is 6.40. The Balaban J connectivity index is 1.35. The summed E-state index contributed by atoms with van der Waals surface area (Å²) in [6, 6.07) is 10.4. The van der Waals surface area contributed by atoms with E-state index in [-0.39, 0.29) is 11.9 Å². The van der Waals surface area contributed by atoms with E-state index in [1.807, 2.05) is 0 Å². The maximum Gasteiger partial charge on any atom is 0.248 e.